The molecule has 4 unspecified atom stereocenters. The van der Waals surface area contributed by atoms with Gasteiger partial charge in [-0.05, 0) is 81.5 Å². The predicted molar refractivity (Wildman–Crippen MR) is 85.1 cm³/mol. The lowest BCUT2D eigenvalue weighted by Gasteiger charge is -2.30. The van der Waals surface area contributed by atoms with Crippen molar-refractivity contribution in [2.75, 3.05) is 6.54 Å². The lowest BCUT2D eigenvalue weighted by molar-refractivity contribution is 0.256. The smallest absolute Gasteiger partial charge is 0.0843 e. The van der Waals surface area contributed by atoms with Gasteiger partial charge >= 0.3 is 0 Å². The topological polar surface area (TPSA) is 12.0 Å². The molecule has 0 saturated heterocycles. The quantitative estimate of drug-likeness (QED) is 0.727. The number of halogens is 2. The molecule has 1 nitrogen and oxygen atoms in total. The van der Waals surface area contributed by atoms with E-state index < -0.39 is 0 Å². The largest absolute Gasteiger partial charge is 0.309 e. The Kier molecular flexibility index (Phi) is 4.19. The maximum absolute atomic E-state index is 3.74. The lowest BCUT2D eigenvalue weighted by atomic mass is 9.82. The summed E-state index contributed by atoms with van der Waals surface area (Å²) in [6.45, 7) is 3.28. The van der Waals surface area contributed by atoms with Crippen LogP contribution in [0.3, 0.4) is 0 Å². The zero-order chi connectivity index (χ0) is 12.7. The number of fused-ring (bicyclic) bond motifs is 2. The minimum absolute atomic E-state index is 0.567. The lowest BCUT2D eigenvalue weighted by Crippen LogP contribution is -2.30. The minimum atomic E-state index is 0.567. The van der Waals surface area contributed by atoms with Crippen molar-refractivity contribution in [2.45, 2.75) is 38.6 Å². The molecule has 1 aromatic heterocycles. The molecule has 100 valence electrons. The summed E-state index contributed by atoms with van der Waals surface area (Å²) < 4.78 is 2.43. The van der Waals surface area contributed by atoms with Crippen LogP contribution in [0.2, 0.25) is 0 Å². The fourth-order valence-electron chi connectivity index (χ4n) is 3.90. The van der Waals surface area contributed by atoms with Gasteiger partial charge in [0.25, 0.3) is 0 Å². The average Bonchev–Trinajstić information content (AvgIpc) is 3.03. The van der Waals surface area contributed by atoms with Crippen molar-refractivity contribution >= 4 is 43.2 Å². The Labute approximate surface area is 130 Å². The maximum atomic E-state index is 3.74. The third-order valence-corrected chi connectivity index (χ3v) is 7.96. The molecule has 1 heterocycles. The molecule has 4 atom stereocenters. The van der Waals surface area contributed by atoms with E-state index in [9.17, 15) is 0 Å². The highest BCUT2D eigenvalue weighted by Crippen LogP contribution is 2.53. The summed E-state index contributed by atoms with van der Waals surface area (Å²) in [7, 11) is 0. The molecule has 0 aromatic carbocycles. The summed E-state index contributed by atoms with van der Waals surface area (Å²) in [6, 6.07) is 2.87. The summed E-state index contributed by atoms with van der Waals surface area (Å²) in [4.78, 5) is 1.49. The van der Waals surface area contributed by atoms with E-state index in [1.54, 1.807) is 0 Å². The zero-order valence-electron chi connectivity index (χ0n) is 10.6. The van der Waals surface area contributed by atoms with Gasteiger partial charge in [-0.1, -0.05) is 13.3 Å². The summed E-state index contributed by atoms with van der Waals surface area (Å²) in [5, 5.41) is 3.74. The Balaban J connectivity index is 1.83. The van der Waals surface area contributed by atoms with E-state index in [0.717, 1.165) is 24.3 Å². The van der Waals surface area contributed by atoms with Crippen molar-refractivity contribution in [3.05, 3.63) is 19.2 Å². The highest BCUT2D eigenvalue weighted by atomic mass is 79.9. The van der Waals surface area contributed by atoms with Crippen LogP contribution in [-0.2, 0) is 0 Å². The van der Waals surface area contributed by atoms with Crippen LogP contribution >= 0.6 is 43.2 Å². The van der Waals surface area contributed by atoms with Crippen molar-refractivity contribution < 1.29 is 0 Å². The number of thiophene rings is 1. The average molecular weight is 393 g/mol. The van der Waals surface area contributed by atoms with Crippen LogP contribution in [0.4, 0.5) is 0 Å². The molecule has 2 saturated carbocycles. The standard InChI is InChI=1S/C14H19Br2NS/c1-2-17-13(12-7-11(15)14(16)18-12)10-6-8-3-4-9(10)5-8/h7-10,13,17H,2-6H2,1H3. The van der Waals surface area contributed by atoms with Gasteiger partial charge in [-0.25, -0.2) is 0 Å². The molecular weight excluding hydrogens is 374 g/mol. The molecule has 2 aliphatic carbocycles. The number of rotatable bonds is 4. The van der Waals surface area contributed by atoms with Crippen molar-refractivity contribution in [1.29, 1.82) is 0 Å². The molecule has 4 heteroatoms. The third-order valence-electron chi connectivity index (χ3n) is 4.62. The van der Waals surface area contributed by atoms with Gasteiger partial charge in [0.2, 0.25) is 0 Å². The van der Waals surface area contributed by atoms with Gasteiger partial charge in [0.1, 0.15) is 0 Å². The van der Waals surface area contributed by atoms with E-state index in [4.69, 9.17) is 0 Å². The zero-order valence-corrected chi connectivity index (χ0v) is 14.6. The van der Waals surface area contributed by atoms with E-state index >= 15 is 0 Å². The fraction of sp³-hybridized carbons (Fsp3) is 0.714. The second kappa shape index (κ2) is 5.55. The maximum Gasteiger partial charge on any atom is 0.0843 e. The second-order valence-corrected chi connectivity index (χ2v) is 8.90. The Hall–Kier alpha value is 0.620. The normalized spacial score (nSPS) is 32.1. The molecule has 0 spiro atoms. The van der Waals surface area contributed by atoms with Gasteiger partial charge in [0.15, 0.2) is 0 Å². The van der Waals surface area contributed by atoms with Crippen LogP contribution in [0, 0.1) is 17.8 Å². The fourth-order valence-corrected chi connectivity index (χ4v) is 6.14. The first-order valence-electron chi connectivity index (χ1n) is 6.87. The number of hydrogen-bond donors (Lipinski definition) is 1. The van der Waals surface area contributed by atoms with Gasteiger partial charge in [-0.3, -0.25) is 0 Å². The Morgan fingerprint density at radius 2 is 2.22 bits per heavy atom. The minimum Gasteiger partial charge on any atom is -0.309 e. The van der Waals surface area contributed by atoms with Gasteiger partial charge < -0.3 is 5.32 Å². The predicted octanol–water partition coefficient (Wildman–Crippen LogP) is 5.36. The van der Waals surface area contributed by atoms with E-state index in [-0.39, 0.29) is 0 Å². The Morgan fingerprint density at radius 1 is 1.39 bits per heavy atom. The molecule has 2 fully saturated rings. The van der Waals surface area contributed by atoms with Crippen molar-refractivity contribution in [3.8, 4) is 0 Å². The van der Waals surface area contributed by atoms with Crippen LogP contribution < -0.4 is 5.32 Å². The first-order chi connectivity index (χ1) is 8.69. The van der Waals surface area contributed by atoms with Crippen LogP contribution in [0.1, 0.15) is 43.5 Å². The van der Waals surface area contributed by atoms with E-state index in [2.05, 4.69) is 50.2 Å². The van der Waals surface area contributed by atoms with E-state index in [0.29, 0.717) is 6.04 Å². The monoisotopic (exact) mass is 391 g/mol. The summed E-state index contributed by atoms with van der Waals surface area (Å²) in [5.74, 6) is 2.85. The number of nitrogens with one attached hydrogen (secondary N) is 1. The molecule has 0 radical (unpaired) electrons. The number of hydrogen-bond acceptors (Lipinski definition) is 2. The highest BCUT2D eigenvalue weighted by molar-refractivity contribution is 9.13. The van der Waals surface area contributed by atoms with Crippen LogP contribution in [-0.4, -0.2) is 6.54 Å². The van der Waals surface area contributed by atoms with Crippen LogP contribution in [0.25, 0.3) is 0 Å². The van der Waals surface area contributed by atoms with Gasteiger partial charge in [-0.15, -0.1) is 11.3 Å². The molecule has 1 aromatic rings. The highest BCUT2D eigenvalue weighted by Gasteiger charge is 2.43. The van der Waals surface area contributed by atoms with Crippen molar-refractivity contribution in [2.24, 2.45) is 17.8 Å². The van der Waals surface area contributed by atoms with Gasteiger partial charge in [0.05, 0.1) is 3.79 Å². The third kappa shape index (κ3) is 2.46. The summed E-state index contributed by atoms with van der Waals surface area (Å²) in [5.41, 5.74) is 0. The van der Waals surface area contributed by atoms with Crippen LogP contribution in [0.15, 0.2) is 14.3 Å². The first kappa shape index (κ1) is 13.6. The Morgan fingerprint density at radius 3 is 2.72 bits per heavy atom. The molecule has 0 aliphatic heterocycles. The molecular formula is C14H19Br2NS. The molecule has 2 aliphatic rings. The first-order valence-corrected chi connectivity index (χ1v) is 9.27. The van der Waals surface area contributed by atoms with Crippen LogP contribution in [0.5, 0.6) is 0 Å². The summed E-state index contributed by atoms with van der Waals surface area (Å²) >= 11 is 9.13. The molecule has 1 N–H and O–H groups in total. The second-order valence-electron chi connectivity index (χ2n) is 5.64. The van der Waals surface area contributed by atoms with Crippen molar-refractivity contribution in [1.82, 2.24) is 5.32 Å². The Bertz CT molecular complexity index is 412. The van der Waals surface area contributed by atoms with Gasteiger partial charge in [-0.2, -0.15) is 0 Å². The summed E-state index contributed by atoms with van der Waals surface area (Å²) in [6.07, 6.45) is 5.87. The molecule has 0 amide bonds. The molecule has 3 rings (SSSR count). The van der Waals surface area contributed by atoms with E-state index in [1.165, 1.54) is 38.8 Å². The van der Waals surface area contributed by atoms with Gasteiger partial charge in [0, 0.05) is 15.4 Å². The molecule has 18 heavy (non-hydrogen) atoms. The molecule has 2 bridgehead atoms. The van der Waals surface area contributed by atoms with E-state index in [1.807, 2.05) is 11.3 Å². The SMILES string of the molecule is CCNC(c1cc(Br)c(Br)s1)C1CC2CCC1C2. The van der Waals surface area contributed by atoms with Crippen molar-refractivity contribution in [3.63, 3.8) is 0 Å².